The van der Waals surface area contributed by atoms with E-state index < -0.39 is 6.17 Å². The summed E-state index contributed by atoms with van der Waals surface area (Å²) in [6.45, 7) is 2.88. The average molecular weight is 449 g/mol. The lowest BCUT2D eigenvalue weighted by Crippen LogP contribution is -2.22. The highest BCUT2D eigenvalue weighted by molar-refractivity contribution is 5.67. The highest BCUT2D eigenvalue weighted by Crippen LogP contribution is 2.27. The normalized spacial score (nSPS) is 15.4. The Morgan fingerprint density at radius 3 is 2.97 bits per heavy atom. The fourth-order valence-corrected chi connectivity index (χ4v) is 3.61. The van der Waals surface area contributed by atoms with Gasteiger partial charge in [-0.25, -0.2) is 19.3 Å². The average Bonchev–Trinajstić information content (AvgIpc) is 3.28. The number of nitriles is 1. The summed E-state index contributed by atoms with van der Waals surface area (Å²) in [5, 5.41) is 16.1. The van der Waals surface area contributed by atoms with Gasteiger partial charge in [0.2, 0.25) is 5.95 Å². The van der Waals surface area contributed by atoms with Gasteiger partial charge in [-0.2, -0.15) is 5.26 Å². The Bertz CT molecular complexity index is 1140. The van der Waals surface area contributed by atoms with E-state index in [1.54, 1.807) is 44.0 Å². The highest BCUT2D eigenvalue weighted by atomic mass is 19.1. The Hall–Kier alpha value is -3.68. The van der Waals surface area contributed by atoms with Crippen LogP contribution in [-0.4, -0.2) is 59.5 Å². The molecule has 1 saturated heterocycles. The molecule has 4 rings (SSSR count). The smallest absolute Gasteiger partial charge is 0.227 e. The molecule has 2 N–H and O–H groups in total. The molecule has 0 bridgehead atoms. The fraction of sp³-hybridized carbons (Fsp3) is 0.348. The molecule has 3 aromatic rings. The third kappa shape index (κ3) is 5.77. The van der Waals surface area contributed by atoms with Crippen LogP contribution in [0, 0.1) is 11.3 Å². The van der Waals surface area contributed by atoms with E-state index in [2.05, 4.69) is 36.6 Å². The molecule has 0 aliphatic carbocycles. The SMILES string of the molecule is COCCNCc1cncc(Nc2nccc(-c3cnc(N4CCC(F)C4)c(C#N)c3)n2)c1. The minimum absolute atomic E-state index is 0.262. The lowest BCUT2D eigenvalue weighted by molar-refractivity contribution is 0.199. The first kappa shape index (κ1) is 22.5. The first-order chi connectivity index (χ1) is 16.2. The molecule has 0 aromatic carbocycles. The second kappa shape index (κ2) is 10.8. The number of halogens is 1. The molecule has 9 nitrogen and oxygen atoms in total. The standard InChI is InChI=1S/C23H25FN8O/c1-33-7-5-26-11-16-8-20(14-27-12-16)30-23-28-4-2-21(31-23)18-9-17(10-25)22(29-13-18)32-6-3-19(24)15-32/h2,4,8-9,12-14,19,26H,3,5-7,11,15H2,1H3,(H,28,30,31). The van der Waals surface area contributed by atoms with Crippen molar-refractivity contribution in [1.82, 2.24) is 25.3 Å². The van der Waals surface area contributed by atoms with Gasteiger partial charge in [0.05, 0.1) is 36.3 Å². The third-order valence-corrected chi connectivity index (χ3v) is 5.23. The number of pyridine rings is 2. The van der Waals surface area contributed by atoms with Gasteiger partial charge >= 0.3 is 0 Å². The quantitative estimate of drug-likeness (QED) is 0.477. The second-order valence-electron chi connectivity index (χ2n) is 7.68. The Kier molecular flexibility index (Phi) is 7.34. The first-order valence-corrected chi connectivity index (χ1v) is 10.7. The van der Waals surface area contributed by atoms with Crippen LogP contribution in [-0.2, 0) is 11.3 Å². The summed E-state index contributed by atoms with van der Waals surface area (Å²) < 4.78 is 18.6. The molecular formula is C23H25FN8O. The number of alkyl halides is 1. The molecule has 33 heavy (non-hydrogen) atoms. The molecule has 1 aliphatic heterocycles. The number of methoxy groups -OCH3 is 1. The van der Waals surface area contributed by atoms with Crippen molar-refractivity contribution in [1.29, 1.82) is 5.26 Å². The van der Waals surface area contributed by atoms with Gasteiger partial charge in [0.1, 0.15) is 18.1 Å². The number of ether oxygens (including phenoxy) is 1. The molecule has 1 fully saturated rings. The Morgan fingerprint density at radius 1 is 1.27 bits per heavy atom. The zero-order chi connectivity index (χ0) is 23.0. The zero-order valence-corrected chi connectivity index (χ0v) is 18.3. The van der Waals surface area contributed by atoms with E-state index in [-0.39, 0.29) is 6.54 Å². The number of rotatable bonds is 9. The summed E-state index contributed by atoms with van der Waals surface area (Å²) in [5.74, 6) is 0.914. The van der Waals surface area contributed by atoms with Gasteiger partial charge in [-0.15, -0.1) is 0 Å². The van der Waals surface area contributed by atoms with Crippen molar-refractivity contribution in [3.63, 3.8) is 0 Å². The molecule has 1 atom stereocenters. The highest BCUT2D eigenvalue weighted by Gasteiger charge is 2.25. The number of hydrogen-bond acceptors (Lipinski definition) is 9. The van der Waals surface area contributed by atoms with Crippen molar-refractivity contribution in [3.8, 4) is 17.3 Å². The van der Waals surface area contributed by atoms with Crippen LogP contribution in [0.3, 0.4) is 0 Å². The lowest BCUT2D eigenvalue weighted by Gasteiger charge is -2.18. The number of aromatic nitrogens is 4. The van der Waals surface area contributed by atoms with Gasteiger partial charge in [-0.1, -0.05) is 0 Å². The topological polar surface area (TPSA) is 112 Å². The second-order valence-corrected chi connectivity index (χ2v) is 7.68. The van der Waals surface area contributed by atoms with E-state index in [0.29, 0.717) is 54.7 Å². The zero-order valence-electron chi connectivity index (χ0n) is 18.3. The number of anilines is 3. The van der Waals surface area contributed by atoms with Gasteiger partial charge in [-0.05, 0) is 30.2 Å². The van der Waals surface area contributed by atoms with E-state index in [1.165, 1.54) is 0 Å². The molecule has 0 saturated carbocycles. The van der Waals surface area contributed by atoms with E-state index in [1.807, 2.05) is 11.0 Å². The van der Waals surface area contributed by atoms with Gasteiger partial charge in [0, 0.05) is 50.9 Å². The minimum Gasteiger partial charge on any atom is -0.383 e. The van der Waals surface area contributed by atoms with E-state index in [0.717, 1.165) is 17.8 Å². The Balaban J connectivity index is 1.49. The molecule has 170 valence electrons. The van der Waals surface area contributed by atoms with Crippen LogP contribution < -0.4 is 15.5 Å². The van der Waals surface area contributed by atoms with Crippen LogP contribution in [0.4, 0.5) is 21.8 Å². The largest absolute Gasteiger partial charge is 0.383 e. The summed E-state index contributed by atoms with van der Waals surface area (Å²) >= 11 is 0. The summed E-state index contributed by atoms with van der Waals surface area (Å²) in [5.41, 5.74) is 3.49. The van der Waals surface area contributed by atoms with Crippen molar-refractivity contribution in [2.75, 3.05) is 43.6 Å². The van der Waals surface area contributed by atoms with Crippen molar-refractivity contribution in [2.45, 2.75) is 19.1 Å². The predicted molar refractivity (Wildman–Crippen MR) is 123 cm³/mol. The predicted octanol–water partition coefficient (Wildman–Crippen LogP) is 2.83. The van der Waals surface area contributed by atoms with E-state index >= 15 is 0 Å². The Labute approximate surface area is 191 Å². The van der Waals surface area contributed by atoms with Crippen LogP contribution in [0.15, 0.2) is 43.0 Å². The lowest BCUT2D eigenvalue weighted by atomic mass is 10.1. The fourth-order valence-electron chi connectivity index (χ4n) is 3.61. The number of nitrogens with one attached hydrogen (secondary N) is 2. The molecule has 4 heterocycles. The number of nitrogens with zero attached hydrogens (tertiary/aromatic N) is 6. The molecule has 0 spiro atoms. The maximum absolute atomic E-state index is 13.6. The van der Waals surface area contributed by atoms with Gasteiger partial charge < -0.3 is 20.3 Å². The first-order valence-electron chi connectivity index (χ1n) is 10.7. The third-order valence-electron chi connectivity index (χ3n) is 5.23. The molecule has 1 unspecified atom stereocenters. The van der Waals surface area contributed by atoms with E-state index in [4.69, 9.17) is 4.74 Å². The molecule has 10 heteroatoms. The summed E-state index contributed by atoms with van der Waals surface area (Å²) in [6, 6.07) is 7.63. The molecule has 1 aliphatic rings. The minimum atomic E-state index is -0.886. The van der Waals surface area contributed by atoms with Crippen LogP contribution in [0.25, 0.3) is 11.3 Å². The van der Waals surface area contributed by atoms with Crippen LogP contribution in [0.2, 0.25) is 0 Å². The molecule has 0 amide bonds. The molecule has 3 aromatic heterocycles. The molecular weight excluding hydrogens is 423 g/mol. The van der Waals surface area contributed by atoms with Crippen molar-refractivity contribution in [3.05, 3.63) is 54.1 Å². The summed E-state index contributed by atoms with van der Waals surface area (Å²) in [7, 11) is 1.67. The maximum atomic E-state index is 13.6. The molecule has 0 radical (unpaired) electrons. The van der Waals surface area contributed by atoms with Gasteiger partial charge in [0.25, 0.3) is 0 Å². The van der Waals surface area contributed by atoms with Crippen LogP contribution in [0.5, 0.6) is 0 Å². The number of hydrogen-bond donors (Lipinski definition) is 2. The maximum Gasteiger partial charge on any atom is 0.227 e. The summed E-state index contributed by atoms with van der Waals surface area (Å²) in [4.78, 5) is 19.4. The van der Waals surface area contributed by atoms with Crippen molar-refractivity contribution >= 4 is 17.5 Å². The monoisotopic (exact) mass is 448 g/mol. The summed E-state index contributed by atoms with van der Waals surface area (Å²) in [6.07, 6.45) is 6.36. The van der Waals surface area contributed by atoms with Gasteiger partial charge in [-0.3, -0.25) is 4.98 Å². The van der Waals surface area contributed by atoms with Gasteiger partial charge in [0.15, 0.2) is 0 Å². The van der Waals surface area contributed by atoms with E-state index in [9.17, 15) is 9.65 Å². The van der Waals surface area contributed by atoms with Crippen molar-refractivity contribution < 1.29 is 9.13 Å². The van der Waals surface area contributed by atoms with Crippen LogP contribution >= 0.6 is 0 Å². The Morgan fingerprint density at radius 2 is 2.18 bits per heavy atom. The van der Waals surface area contributed by atoms with Crippen molar-refractivity contribution in [2.24, 2.45) is 0 Å². The van der Waals surface area contributed by atoms with Crippen LogP contribution in [0.1, 0.15) is 17.5 Å².